The van der Waals surface area contributed by atoms with E-state index in [1.165, 1.54) is 31.8 Å². The molecular formula is C16H26N2O2. The molecule has 2 rings (SSSR count). The molecule has 4 nitrogen and oxygen atoms in total. The SMILES string of the molecule is C=CC(=O)N[C@@H](CC(C)C)C(=O)NC(C1CC1)C1CC1. The third kappa shape index (κ3) is 4.36. The number of nitrogens with one attached hydrogen (secondary N) is 2. The molecule has 0 aliphatic heterocycles. The van der Waals surface area contributed by atoms with Crippen molar-refractivity contribution in [3.63, 3.8) is 0 Å². The van der Waals surface area contributed by atoms with Gasteiger partial charge in [0.1, 0.15) is 6.04 Å². The molecule has 0 saturated heterocycles. The lowest BCUT2D eigenvalue weighted by Gasteiger charge is -2.24. The monoisotopic (exact) mass is 278 g/mol. The van der Waals surface area contributed by atoms with Crippen LogP contribution >= 0.6 is 0 Å². The molecule has 2 N–H and O–H groups in total. The smallest absolute Gasteiger partial charge is 0.244 e. The molecule has 4 heteroatoms. The molecule has 2 fully saturated rings. The summed E-state index contributed by atoms with van der Waals surface area (Å²) >= 11 is 0. The highest BCUT2D eigenvalue weighted by atomic mass is 16.2. The van der Waals surface area contributed by atoms with E-state index in [4.69, 9.17) is 0 Å². The van der Waals surface area contributed by atoms with Gasteiger partial charge in [0.2, 0.25) is 11.8 Å². The largest absolute Gasteiger partial charge is 0.351 e. The fourth-order valence-corrected chi connectivity index (χ4v) is 2.73. The van der Waals surface area contributed by atoms with Gasteiger partial charge in [-0.05, 0) is 55.9 Å². The van der Waals surface area contributed by atoms with Crippen molar-refractivity contribution in [3.8, 4) is 0 Å². The van der Waals surface area contributed by atoms with E-state index in [9.17, 15) is 9.59 Å². The molecule has 112 valence electrons. The van der Waals surface area contributed by atoms with E-state index < -0.39 is 6.04 Å². The normalized spacial score (nSPS) is 19.8. The van der Waals surface area contributed by atoms with Gasteiger partial charge in [0, 0.05) is 6.04 Å². The molecule has 0 aromatic carbocycles. The van der Waals surface area contributed by atoms with Crippen LogP contribution in [-0.2, 0) is 9.59 Å². The van der Waals surface area contributed by atoms with Crippen LogP contribution < -0.4 is 10.6 Å². The van der Waals surface area contributed by atoms with Crippen molar-refractivity contribution in [1.82, 2.24) is 10.6 Å². The summed E-state index contributed by atoms with van der Waals surface area (Å²) < 4.78 is 0. The summed E-state index contributed by atoms with van der Waals surface area (Å²) in [5.74, 6) is 1.39. The van der Waals surface area contributed by atoms with E-state index >= 15 is 0 Å². The molecule has 20 heavy (non-hydrogen) atoms. The fourth-order valence-electron chi connectivity index (χ4n) is 2.73. The molecule has 0 heterocycles. The van der Waals surface area contributed by atoms with Gasteiger partial charge in [-0.2, -0.15) is 0 Å². The van der Waals surface area contributed by atoms with E-state index in [1.807, 2.05) is 0 Å². The molecule has 0 bridgehead atoms. The minimum atomic E-state index is -0.444. The van der Waals surface area contributed by atoms with Crippen LogP contribution in [0, 0.1) is 17.8 Å². The van der Waals surface area contributed by atoms with Gasteiger partial charge in [-0.1, -0.05) is 20.4 Å². The second-order valence-corrected chi connectivity index (χ2v) is 6.60. The van der Waals surface area contributed by atoms with Gasteiger partial charge < -0.3 is 10.6 Å². The Kier molecular flexibility index (Phi) is 4.84. The molecule has 2 saturated carbocycles. The quantitative estimate of drug-likeness (QED) is 0.667. The zero-order valence-electron chi connectivity index (χ0n) is 12.5. The first-order valence-corrected chi connectivity index (χ1v) is 7.74. The van der Waals surface area contributed by atoms with Crippen molar-refractivity contribution in [2.45, 2.75) is 58.0 Å². The summed E-state index contributed by atoms with van der Waals surface area (Å²) in [5, 5.41) is 5.94. The maximum Gasteiger partial charge on any atom is 0.244 e. The average Bonchev–Trinajstić information content (AvgIpc) is 3.27. The Balaban J connectivity index is 1.93. The van der Waals surface area contributed by atoms with Crippen molar-refractivity contribution in [1.29, 1.82) is 0 Å². The van der Waals surface area contributed by atoms with Gasteiger partial charge in [-0.15, -0.1) is 0 Å². The van der Waals surface area contributed by atoms with Crippen molar-refractivity contribution >= 4 is 11.8 Å². The number of carbonyl (C=O) groups excluding carboxylic acids is 2. The topological polar surface area (TPSA) is 58.2 Å². The van der Waals surface area contributed by atoms with Crippen molar-refractivity contribution in [2.75, 3.05) is 0 Å². The molecule has 2 amide bonds. The van der Waals surface area contributed by atoms with Crippen molar-refractivity contribution in [2.24, 2.45) is 17.8 Å². The third-order valence-electron chi connectivity index (χ3n) is 4.09. The lowest BCUT2D eigenvalue weighted by Crippen LogP contribution is -2.51. The van der Waals surface area contributed by atoms with Gasteiger partial charge in [0.25, 0.3) is 0 Å². The third-order valence-corrected chi connectivity index (χ3v) is 4.09. The molecule has 0 unspecified atom stereocenters. The zero-order chi connectivity index (χ0) is 14.7. The first kappa shape index (κ1) is 15.1. The van der Waals surface area contributed by atoms with Crippen LogP contribution in [0.3, 0.4) is 0 Å². The van der Waals surface area contributed by atoms with Gasteiger partial charge in [-0.3, -0.25) is 9.59 Å². The number of hydrogen-bond acceptors (Lipinski definition) is 2. The minimum absolute atomic E-state index is 0.0299. The first-order valence-electron chi connectivity index (χ1n) is 7.74. The Labute approximate surface area is 121 Å². The molecule has 0 aromatic rings. The average molecular weight is 278 g/mol. The highest BCUT2D eigenvalue weighted by Gasteiger charge is 2.42. The summed E-state index contributed by atoms with van der Waals surface area (Å²) in [5.41, 5.74) is 0. The Morgan fingerprint density at radius 3 is 2.10 bits per heavy atom. The van der Waals surface area contributed by atoms with Crippen LogP contribution in [0.15, 0.2) is 12.7 Å². The van der Waals surface area contributed by atoms with E-state index in [0.29, 0.717) is 30.2 Å². The Morgan fingerprint density at radius 1 is 1.15 bits per heavy atom. The van der Waals surface area contributed by atoms with Crippen LogP contribution in [0.2, 0.25) is 0 Å². The number of amides is 2. The molecule has 1 atom stereocenters. The second kappa shape index (κ2) is 6.42. The summed E-state index contributed by atoms with van der Waals surface area (Å²) in [6.45, 7) is 7.56. The predicted molar refractivity (Wildman–Crippen MR) is 79.0 cm³/mol. The first-order chi connectivity index (χ1) is 9.51. The summed E-state index contributed by atoms with van der Waals surface area (Å²) in [6, 6.07) is -0.113. The Hall–Kier alpha value is -1.32. The number of rotatable bonds is 8. The summed E-state index contributed by atoms with van der Waals surface area (Å²) in [6.07, 6.45) is 6.81. The molecular weight excluding hydrogens is 252 g/mol. The lowest BCUT2D eigenvalue weighted by atomic mass is 10.0. The standard InChI is InChI=1S/C16H26N2O2/c1-4-14(19)17-13(9-10(2)3)16(20)18-15(11-5-6-11)12-7-8-12/h4,10-13,15H,1,5-9H2,2-3H3,(H,17,19)(H,18,20)/t13-/m0/s1. The van der Waals surface area contributed by atoms with Gasteiger partial charge in [-0.25, -0.2) is 0 Å². The lowest BCUT2D eigenvalue weighted by molar-refractivity contribution is -0.128. The maximum absolute atomic E-state index is 12.4. The maximum atomic E-state index is 12.4. The van der Waals surface area contributed by atoms with Gasteiger partial charge in [0.15, 0.2) is 0 Å². The molecule has 2 aliphatic rings. The van der Waals surface area contributed by atoms with E-state index in [-0.39, 0.29) is 11.8 Å². The van der Waals surface area contributed by atoms with E-state index in [0.717, 1.165) is 0 Å². The molecule has 0 radical (unpaired) electrons. The highest BCUT2D eigenvalue weighted by molar-refractivity contribution is 5.92. The van der Waals surface area contributed by atoms with Crippen LogP contribution in [0.25, 0.3) is 0 Å². The van der Waals surface area contributed by atoms with E-state index in [2.05, 4.69) is 31.1 Å². The Morgan fingerprint density at radius 2 is 1.70 bits per heavy atom. The van der Waals surface area contributed by atoms with E-state index in [1.54, 1.807) is 0 Å². The summed E-state index contributed by atoms with van der Waals surface area (Å²) in [4.78, 5) is 23.9. The van der Waals surface area contributed by atoms with Gasteiger partial charge in [0.05, 0.1) is 0 Å². The molecule has 0 spiro atoms. The van der Waals surface area contributed by atoms with Gasteiger partial charge >= 0.3 is 0 Å². The van der Waals surface area contributed by atoms with Crippen molar-refractivity contribution in [3.05, 3.63) is 12.7 Å². The number of carbonyl (C=O) groups is 2. The predicted octanol–water partition coefficient (Wildman–Crippen LogP) is 2.01. The summed E-state index contributed by atoms with van der Waals surface area (Å²) in [7, 11) is 0. The molecule has 2 aliphatic carbocycles. The fraction of sp³-hybridized carbons (Fsp3) is 0.750. The zero-order valence-corrected chi connectivity index (χ0v) is 12.5. The van der Waals surface area contributed by atoms with Crippen LogP contribution in [0.4, 0.5) is 0 Å². The second-order valence-electron chi connectivity index (χ2n) is 6.60. The van der Waals surface area contributed by atoms with Crippen molar-refractivity contribution < 1.29 is 9.59 Å². The highest BCUT2D eigenvalue weighted by Crippen LogP contribution is 2.44. The minimum Gasteiger partial charge on any atom is -0.351 e. The Bertz CT molecular complexity index is 372. The molecule has 0 aromatic heterocycles. The van der Waals surface area contributed by atoms with Crippen LogP contribution in [0.1, 0.15) is 46.0 Å². The van der Waals surface area contributed by atoms with Crippen LogP contribution in [0.5, 0.6) is 0 Å². The van der Waals surface area contributed by atoms with Crippen LogP contribution in [-0.4, -0.2) is 23.9 Å². The number of hydrogen-bond donors (Lipinski definition) is 2.